The van der Waals surface area contributed by atoms with Crippen LogP contribution in [0.25, 0.3) is 0 Å². The molecule has 2 nitrogen and oxygen atoms in total. The Morgan fingerprint density at radius 2 is 2.40 bits per heavy atom. The van der Waals surface area contributed by atoms with Crippen LogP contribution in [0.2, 0.25) is 0 Å². The predicted molar refractivity (Wildman–Crippen MR) is 44.7 cm³/mol. The summed E-state index contributed by atoms with van der Waals surface area (Å²) in [5.41, 5.74) is 0.789. The van der Waals surface area contributed by atoms with Gasteiger partial charge in [0.2, 0.25) is 0 Å². The highest BCUT2D eigenvalue weighted by Gasteiger charge is 1.95. The van der Waals surface area contributed by atoms with E-state index < -0.39 is 0 Å². The topological polar surface area (TPSA) is 33.1 Å². The Morgan fingerprint density at radius 1 is 1.70 bits per heavy atom. The number of nitrogens with zero attached hydrogens (tertiary/aromatic N) is 1. The summed E-state index contributed by atoms with van der Waals surface area (Å²) >= 11 is 1.60. The number of hydrogen-bond donors (Lipinski definition) is 1. The van der Waals surface area contributed by atoms with Crippen molar-refractivity contribution in [1.82, 2.24) is 4.98 Å². The zero-order valence-corrected chi connectivity index (χ0v) is 7.34. The first kappa shape index (κ1) is 9.88. The summed E-state index contributed by atoms with van der Waals surface area (Å²) < 4.78 is 0. The number of hydrogen-bond acceptors (Lipinski definition) is 3. The third-order valence-corrected chi connectivity index (χ3v) is 2.11. The van der Waals surface area contributed by atoms with E-state index in [1.54, 1.807) is 11.3 Å². The van der Waals surface area contributed by atoms with Crippen molar-refractivity contribution in [2.45, 2.75) is 20.0 Å². The van der Waals surface area contributed by atoms with Crippen molar-refractivity contribution in [1.29, 1.82) is 0 Å². The van der Waals surface area contributed by atoms with Crippen LogP contribution in [0.1, 0.15) is 17.6 Å². The van der Waals surface area contributed by atoms with Gasteiger partial charge >= 0.3 is 0 Å². The van der Waals surface area contributed by atoms with Crippen LogP contribution in [0.5, 0.6) is 0 Å². The van der Waals surface area contributed by atoms with Crippen LogP contribution in [-0.4, -0.2) is 10.1 Å². The van der Waals surface area contributed by atoms with Crippen LogP contribution in [-0.2, 0) is 13.0 Å². The van der Waals surface area contributed by atoms with Crippen molar-refractivity contribution in [3.8, 4) is 0 Å². The lowest BCUT2D eigenvalue weighted by Crippen LogP contribution is -1.82. The molecule has 1 N–H and O–H groups in total. The molecule has 0 radical (unpaired) electrons. The molecule has 1 heterocycles. The third kappa shape index (κ3) is 2.25. The van der Waals surface area contributed by atoms with Crippen LogP contribution in [0.3, 0.4) is 0 Å². The third-order valence-electron chi connectivity index (χ3n) is 1.06. The molecule has 0 bridgehead atoms. The van der Waals surface area contributed by atoms with Gasteiger partial charge < -0.3 is 5.11 Å². The highest BCUT2D eigenvalue weighted by atomic mass is 35.5. The highest BCUT2D eigenvalue weighted by molar-refractivity contribution is 7.09. The second-order valence-electron chi connectivity index (χ2n) is 1.74. The molecule has 0 amide bonds. The Bertz CT molecular complexity index is 171. The fourth-order valence-corrected chi connectivity index (χ4v) is 1.32. The monoisotopic (exact) mass is 179 g/mol. The molecule has 0 aliphatic rings. The minimum absolute atomic E-state index is 0. The number of aromatic nitrogens is 1. The van der Waals surface area contributed by atoms with E-state index in [0.717, 1.165) is 17.1 Å². The molecule has 0 fully saturated rings. The molecule has 0 aromatic carbocycles. The summed E-state index contributed by atoms with van der Waals surface area (Å²) in [6.07, 6.45) is 0.963. The van der Waals surface area contributed by atoms with Gasteiger partial charge in [-0.1, -0.05) is 6.92 Å². The molecule has 10 heavy (non-hydrogen) atoms. The van der Waals surface area contributed by atoms with E-state index in [-0.39, 0.29) is 19.0 Å². The summed E-state index contributed by atoms with van der Waals surface area (Å²) in [5.74, 6) is 0. The van der Waals surface area contributed by atoms with Crippen molar-refractivity contribution >= 4 is 23.7 Å². The Hall–Kier alpha value is -0.120. The minimum Gasteiger partial charge on any atom is -0.390 e. The molecule has 0 saturated heterocycles. The van der Waals surface area contributed by atoms with Gasteiger partial charge in [-0.05, 0) is 6.42 Å². The number of rotatable bonds is 2. The summed E-state index contributed by atoms with van der Waals surface area (Å²) in [4.78, 5) is 4.12. The second-order valence-corrected chi connectivity index (χ2v) is 2.69. The molecule has 1 aromatic heterocycles. The molecule has 4 heteroatoms. The largest absolute Gasteiger partial charge is 0.390 e. The van der Waals surface area contributed by atoms with Crippen LogP contribution in [0.4, 0.5) is 0 Å². The van der Waals surface area contributed by atoms with Gasteiger partial charge in [-0.15, -0.1) is 23.7 Å². The molecule has 0 spiro atoms. The van der Waals surface area contributed by atoms with E-state index in [0.29, 0.717) is 0 Å². The fraction of sp³-hybridized carbons (Fsp3) is 0.500. The second kappa shape index (κ2) is 4.66. The van der Waals surface area contributed by atoms with Gasteiger partial charge in [0, 0.05) is 5.38 Å². The lowest BCUT2D eigenvalue weighted by molar-refractivity contribution is 0.277. The average Bonchev–Trinajstić information content (AvgIpc) is 2.34. The molecule has 1 aromatic rings. The first-order chi connectivity index (χ1) is 4.36. The maximum absolute atomic E-state index is 8.59. The van der Waals surface area contributed by atoms with Gasteiger partial charge in [0.1, 0.15) is 0 Å². The van der Waals surface area contributed by atoms with Crippen molar-refractivity contribution in [2.75, 3.05) is 0 Å². The maximum Gasteiger partial charge on any atom is 0.0926 e. The SMILES string of the molecule is CCc1nc(CO)cs1.Cl. The summed E-state index contributed by atoms with van der Waals surface area (Å²) in [6.45, 7) is 2.12. The molecular formula is C6H10ClNOS. The van der Waals surface area contributed by atoms with E-state index in [2.05, 4.69) is 11.9 Å². The lowest BCUT2D eigenvalue weighted by atomic mass is 10.5. The van der Waals surface area contributed by atoms with E-state index in [1.807, 2.05) is 5.38 Å². The number of halogens is 1. The number of thiazole rings is 1. The van der Waals surface area contributed by atoms with Gasteiger partial charge in [-0.2, -0.15) is 0 Å². The number of aliphatic hydroxyl groups excluding tert-OH is 1. The first-order valence-corrected chi connectivity index (χ1v) is 3.79. The molecule has 0 atom stereocenters. The number of aryl methyl sites for hydroxylation is 1. The van der Waals surface area contributed by atoms with E-state index in [4.69, 9.17) is 5.11 Å². The van der Waals surface area contributed by atoms with E-state index in [9.17, 15) is 0 Å². The zero-order chi connectivity index (χ0) is 6.69. The van der Waals surface area contributed by atoms with Crippen molar-refractivity contribution in [2.24, 2.45) is 0 Å². The Labute approximate surface area is 70.3 Å². The Kier molecular flexibility index (Phi) is 4.60. The van der Waals surface area contributed by atoms with Crippen molar-refractivity contribution in [3.05, 3.63) is 16.1 Å². The van der Waals surface area contributed by atoms with Crippen LogP contribution in [0.15, 0.2) is 5.38 Å². The molecule has 0 aliphatic heterocycles. The smallest absolute Gasteiger partial charge is 0.0926 e. The summed E-state index contributed by atoms with van der Waals surface area (Å²) in [7, 11) is 0. The quantitative estimate of drug-likeness (QED) is 0.749. The van der Waals surface area contributed by atoms with Crippen molar-refractivity contribution < 1.29 is 5.11 Å². The zero-order valence-electron chi connectivity index (χ0n) is 5.70. The van der Waals surface area contributed by atoms with Crippen LogP contribution < -0.4 is 0 Å². The molecule has 58 valence electrons. The molecule has 1 rings (SSSR count). The molecular weight excluding hydrogens is 170 g/mol. The van der Waals surface area contributed by atoms with Crippen LogP contribution in [0, 0.1) is 0 Å². The summed E-state index contributed by atoms with van der Waals surface area (Å²) in [6, 6.07) is 0. The molecule has 0 unspecified atom stereocenters. The summed E-state index contributed by atoms with van der Waals surface area (Å²) in [5, 5.41) is 11.6. The first-order valence-electron chi connectivity index (χ1n) is 2.91. The predicted octanol–water partition coefficient (Wildman–Crippen LogP) is 1.62. The highest BCUT2D eigenvalue weighted by Crippen LogP contribution is 2.09. The van der Waals surface area contributed by atoms with Crippen molar-refractivity contribution in [3.63, 3.8) is 0 Å². The van der Waals surface area contributed by atoms with E-state index in [1.165, 1.54) is 0 Å². The van der Waals surface area contributed by atoms with Gasteiger partial charge in [-0.3, -0.25) is 0 Å². The maximum atomic E-state index is 8.59. The van der Waals surface area contributed by atoms with Gasteiger partial charge in [0.05, 0.1) is 17.3 Å². The lowest BCUT2D eigenvalue weighted by Gasteiger charge is -1.82. The molecule has 0 saturated carbocycles. The average molecular weight is 180 g/mol. The fourth-order valence-electron chi connectivity index (χ4n) is 0.584. The van der Waals surface area contributed by atoms with E-state index >= 15 is 0 Å². The Morgan fingerprint density at radius 3 is 2.70 bits per heavy atom. The number of aliphatic hydroxyl groups is 1. The van der Waals surface area contributed by atoms with Crippen LogP contribution >= 0.6 is 23.7 Å². The molecule has 0 aliphatic carbocycles. The standard InChI is InChI=1S/C6H9NOS.ClH/c1-2-6-7-5(3-8)4-9-6;/h4,8H,2-3H2,1H3;1H. The van der Waals surface area contributed by atoms with Gasteiger partial charge in [0.15, 0.2) is 0 Å². The Balaban J connectivity index is 0.000000810. The van der Waals surface area contributed by atoms with Gasteiger partial charge in [-0.25, -0.2) is 4.98 Å². The van der Waals surface area contributed by atoms with Gasteiger partial charge in [0.25, 0.3) is 0 Å². The normalized spacial score (nSPS) is 9.00. The minimum atomic E-state index is 0.